The number of piperidine rings is 1. The monoisotopic (exact) mass is 261 g/mol. The zero-order valence-corrected chi connectivity index (χ0v) is 10.4. The predicted octanol–water partition coefficient (Wildman–Crippen LogP) is -1.69. The van der Waals surface area contributed by atoms with Crippen molar-refractivity contribution in [2.24, 2.45) is 0 Å². The molecule has 0 aromatic rings. The first-order valence-electron chi connectivity index (χ1n) is 5.30. The first-order chi connectivity index (χ1) is 6.16. The summed E-state index contributed by atoms with van der Waals surface area (Å²) in [6.07, 6.45) is 6.59. The zero-order chi connectivity index (χ0) is 9.47. The van der Waals surface area contributed by atoms with Crippen molar-refractivity contribution in [3.8, 4) is 0 Å². The van der Waals surface area contributed by atoms with E-state index >= 15 is 0 Å². The van der Waals surface area contributed by atoms with Gasteiger partial charge in [-0.25, -0.2) is 0 Å². The van der Waals surface area contributed by atoms with Crippen LogP contribution in [0, 0.1) is 0 Å². The first kappa shape index (κ1) is 12.2. The summed E-state index contributed by atoms with van der Waals surface area (Å²) in [5, 5.41) is 9.65. The number of rotatable bonds is 2. The third kappa shape index (κ3) is 1.77. The second-order valence-electron chi connectivity index (χ2n) is 4.83. The minimum Gasteiger partial charge on any atom is -1.00 e. The van der Waals surface area contributed by atoms with E-state index in [1.807, 2.05) is 6.08 Å². The second kappa shape index (κ2) is 4.33. The molecule has 2 heterocycles. The molecule has 14 heavy (non-hydrogen) atoms. The maximum Gasteiger partial charge on any atom is 0.0973 e. The van der Waals surface area contributed by atoms with Crippen LogP contribution in [0.25, 0.3) is 0 Å². The quantitative estimate of drug-likeness (QED) is 0.465. The van der Waals surface area contributed by atoms with Crippen molar-refractivity contribution in [1.82, 2.24) is 0 Å². The molecule has 2 saturated heterocycles. The number of halogens is 1. The van der Waals surface area contributed by atoms with E-state index in [0.717, 1.165) is 23.9 Å². The Kier molecular flexibility index (Phi) is 3.78. The fourth-order valence-corrected chi connectivity index (χ4v) is 3.29. The maximum atomic E-state index is 9.65. The molecule has 2 bridgehead atoms. The van der Waals surface area contributed by atoms with Crippen molar-refractivity contribution in [2.45, 2.75) is 43.9 Å². The lowest BCUT2D eigenvalue weighted by atomic mass is 9.97. The molecule has 0 saturated carbocycles. The molecule has 0 amide bonds. The van der Waals surface area contributed by atoms with Gasteiger partial charge in [0.15, 0.2) is 0 Å². The lowest BCUT2D eigenvalue weighted by Crippen LogP contribution is -3.00. The lowest BCUT2D eigenvalue weighted by molar-refractivity contribution is -0.944. The van der Waals surface area contributed by atoms with Crippen LogP contribution in [-0.2, 0) is 0 Å². The number of quaternary nitrogens is 1. The van der Waals surface area contributed by atoms with Crippen molar-refractivity contribution in [2.75, 3.05) is 13.6 Å². The number of aliphatic hydroxyl groups is 1. The number of likely N-dealkylation sites (N-methyl/N-ethyl adjacent to an activating group) is 1. The van der Waals surface area contributed by atoms with E-state index in [9.17, 15) is 5.11 Å². The van der Waals surface area contributed by atoms with Crippen LogP contribution in [-0.4, -0.2) is 41.4 Å². The summed E-state index contributed by atoms with van der Waals surface area (Å²) in [6.45, 7) is 4.91. The van der Waals surface area contributed by atoms with Crippen LogP contribution in [0.4, 0.5) is 0 Å². The summed E-state index contributed by atoms with van der Waals surface area (Å²) in [7, 11) is 2.33. The van der Waals surface area contributed by atoms with Gasteiger partial charge in [0.2, 0.25) is 0 Å². The van der Waals surface area contributed by atoms with Gasteiger partial charge in [0.25, 0.3) is 0 Å². The highest BCUT2D eigenvalue weighted by molar-refractivity contribution is 4.87. The van der Waals surface area contributed by atoms with Crippen LogP contribution in [0.5, 0.6) is 0 Å². The smallest absolute Gasteiger partial charge is 0.0973 e. The molecule has 3 heteroatoms. The van der Waals surface area contributed by atoms with Gasteiger partial charge >= 0.3 is 0 Å². The second-order valence-corrected chi connectivity index (χ2v) is 4.83. The molecule has 2 aliphatic heterocycles. The molecule has 2 nitrogen and oxygen atoms in total. The average molecular weight is 262 g/mol. The maximum absolute atomic E-state index is 9.65. The summed E-state index contributed by atoms with van der Waals surface area (Å²) in [4.78, 5) is 0. The van der Waals surface area contributed by atoms with Gasteiger partial charge in [0.1, 0.15) is 0 Å². The van der Waals surface area contributed by atoms with Crippen molar-refractivity contribution in [3.05, 3.63) is 12.7 Å². The van der Waals surface area contributed by atoms with E-state index in [-0.39, 0.29) is 23.1 Å². The molecule has 2 unspecified atom stereocenters. The SMILES string of the molecule is C=CC[N+]1(C)C2CCC1CC(O)C2.[Br-]. The number of nitrogens with zero attached hydrogens (tertiary/aromatic N) is 1. The highest BCUT2D eigenvalue weighted by Gasteiger charge is 2.50. The molecular weight excluding hydrogens is 242 g/mol. The van der Waals surface area contributed by atoms with E-state index in [1.54, 1.807) is 0 Å². The molecule has 2 atom stereocenters. The number of fused-ring (bicyclic) bond motifs is 2. The van der Waals surface area contributed by atoms with E-state index in [2.05, 4.69) is 13.6 Å². The summed E-state index contributed by atoms with van der Waals surface area (Å²) in [5.74, 6) is 0. The predicted molar refractivity (Wildman–Crippen MR) is 53.3 cm³/mol. The van der Waals surface area contributed by atoms with Crippen LogP contribution in [0.15, 0.2) is 12.7 Å². The summed E-state index contributed by atoms with van der Waals surface area (Å²) in [6, 6.07) is 1.37. The van der Waals surface area contributed by atoms with Crippen LogP contribution in [0.2, 0.25) is 0 Å². The Morgan fingerprint density at radius 3 is 2.29 bits per heavy atom. The number of hydrogen-bond donors (Lipinski definition) is 1. The van der Waals surface area contributed by atoms with Gasteiger partial charge in [0, 0.05) is 25.7 Å². The molecule has 0 spiro atoms. The van der Waals surface area contributed by atoms with E-state index in [0.29, 0.717) is 12.1 Å². The molecular formula is C11H20BrNO. The molecule has 82 valence electrons. The minimum atomic E-state index is -0.0338. The summed E-state index contributed by atoms with van der Waals surface area (Å²) in [5.41, 5.74) is 0. The number of hydrogen-bond acceptors (Lipinski definition) is 1. The van der Waals surface area contributed by atoms with Gasteiger partial charge in [0.05, 0.1) is 31.8 Å². The Balaban J connectivity index is 0.000000980. The summed E-state index contributed by atoms with van der Waals surface area (Å²) < 4.78 is 1.14. The van der Waals surface area contributed by atoms with Crippen LogP contribution < -0.4 is 17.0 Å². The van der Waals surface area contributed by atoms with Crippen molar-refractivity contribution in [3.63, 3.8) is 0 Å². The highest BCUT2D eigenvalue weighted by atomic mass is 79.9. The summed E-state index contributed by atoms with van der Waals surface area (Å²) >= 11 is 0. The van der Waals surface area contributed by atoms with Crippen LogP contribution in [0.1, 0.15) is 25.7 Å². The standard InChI is InChI=1S/C11H20NO.BrH/c1-3-6-12(2)9-4-5-10(12)8-11(13)7-9;/h3,9-11,13H,1,4-8H2,2H3;1H/q+1;/p-1. The molecule has 2 fully saturated rings. The van der Waals surface area contributed by atoms with Crippen molar-refractivity contribution in [1.29, 1.82) is 0 Å². The topological polar surface area (TPSA) is 20.2 Å². The fraction of sp³-hybridized carbons (Fsp3) is 0.818. The average Bonchev–Trinajstić information content (AvgIpc) is 2.31. The molecule has 2 aliphatic rings. The third-order valence-corrected chi connectivity index (χ3v) is 4.11. The Morgan fingerprint density at radius 2 is 1.86 bits per heavy atom. The van der Waals surface area contributed by atoms with Gasteiger partial charge in [-0.3, -0.25) is 0 Å². The van der Waals surface area contributed by atoms with Gasteiger partial charge < -0.3 is 26.6 Å². The fourth-order valence-electron chi connectivity index (χ4n) is 3.29. The Morgan fingerprint density at radius 1 is 1.36 bits per heavy atom. The van der Waals surface area contributed by atoms with Gasteiger partial charge in [-0.15, -0.1) is 0 Å². The van der Waals surface area contributed by atoms with Gasteiger partial charge in [-0.1, -0.05) is 6.58 Å². The van der Waals surface area contributed by atoms with E-state index in [4.69, 9.17) is 0 Å². The van der Waals surface area contributed by atoms with Crippen LogP contribution >= 0.6 is 0 Å². The zero-order valence-electron chi connectivity index (χ0n) is 8.82. The van der Waals surface area contributed by atoms with Crippen LogP contribution in [0.3, 0.4) is 0 Å². The van der Waals surface area contributed by atoms with Crippen molar-refractivity contribution < 1.29 is 26.6 Å². The van der Waals surface area contributed by atoms with Gasteiger partial charge in [-0.2, -0.15) is 0 Å². The number of aliphatic hydroxyl groups excluding tert-OH is 1. The molecule has 0 radical (unpaired) electrons. The molecule has 2 rings (SSSR count). The molecule has 0 aromatic heterocycles. The van der Waals surface area contributed by atoms with Crippen molar-refractivity contribution >= 4 is 0 Å². The Bertz CT molecular complexity index is 205. The minimum absolute atomic E-state index is 0. The Hall–Kier alpha value is 0.140. The molecule has 1 N–H and O–H groups in total. The van der Waals surface area contributed by atoms with E-state index < -0.39 is 0 Å². The normalized spacial score (nSPS) is 45.7. The Labute approximate surface area is 97.0 Å². The molecule has 0 aliphatic carbocycles. The first-order valence-corrected chi connectivity index (χ1v) is 5.30. The molecule has 0 aromatic carbocycles. The highest BCUT2D eigenvalue weighted by Crippen LogP contribution is 2.40. The van der Waals surface area contributed by atoms with Gasteiger partial charge in [-0.05, 0) is 6.08 Å². The largest absolute Gasteiger partial charge is 1.00 e. The third-order valence-electron chi connectivity index (χ3n) is 4.11. The lowest BCUT2D eigenvalue weighted by Gasteiger charge is -2.45. The van der Waals surface area contributed by atoms with E-state index in [1.165, 1.54) is 12.8 Å².